The standard InChI is InChI=1S/C19H19FN2O2S2.ClH/c1-21-12-14-10-19(17-8-3-4-9-18(17)20)22(13-14)26(23,24)16-7-5-6-15(11-16)25-2;/h3-11,13,21H,12H2,1-2H3;1H. The molecule has 3 rings (SSSR count). The molecule has 0 aliphatic carbocycles. The molecule has 1 aromatic heterocycles. The molecule has 144 valence electrons. The fourth-order valence-corrected chi connectivity index (χ4v) is 4.71. The normalized spacial score (nSPS) is 11.2. The van der Waals surface area contributed by atoms with Crippen molar-refractivity contribution in [3.8, 4) is 11.3 Å². The second kappa shape index (κ2) is 8.93. The van der Waals surface area contributed by atoms with E-state index in [0.29, 0.717) is 12.2 Å². The van der Waals surface area contributed by atoms with Gasteiger partial charge in [-0.25, -0.2) is 16.8 Å². The highest BCUT2D eigenvalue weighted by Crippen LogP contribution is 2.30. The number of hydrogen-bond acceptors (Lipinski definition) is 4. The first-order valence-corrected chi connectivity index (χ1v) is 10.6. The van der Waals surface area contributed by atoms with Gasteiger partial charge in [0.15, 0.2) is 0 Å². The number of nitrogens with one attached hydrogen (secondary N) is 1. The summed E-state index contributed by atoms with van der Waals surface area (Å²) in [6.45, 7) is 0.481. The molecule has 2 aromatic carbocycles. The Morgan fingerprint density at radius 1 is 1.11 bits per heavy atom. The van der Waals surface area contributed by atoms with Crippen LogP contribution in [0.3, 0.4) is 0 Å². The molecule has 3 aromatic rings. The van der Waals surface area contributed by atoms with E-state index in [0.717, 1.165) is 14.4 Å². The summed E-state index contributed by atoms with van der Waals surface area (Å²) in [5.74, 6) is -0.462. The molecule has 0 fully saturated rings. The summed E-state index contributed by atoms with van der Waals surface area (Å²) in [6.07, 6.45) is 3.43. The minimum Gasteiger partial charge on any atom is -0.316 e. The molecule has 0 aliphatic rings. The van der Waals surface area contributed by atoms with Gasteiger partial charge in [-0.2, -0.15) is 0 Å². The highest BCUT2D eigenvalue weighted by atomic mass is 35.5. The molecule has 0 saturated heterocycles. The van der Waals surface area contributed by atoms with Crippen molar-refractivity contribution < 1.29 is 12.8 Å². The van der Waals surface area contributed by atoms with Gasteiger partial charge in [-0.15, -0.1) is 24.2 Å². The summed E-state index contributed by atoms with van der Waals surface area (Å²) in [4.78, 5) is 1.02. The smallest absolute Gasteiger partial charge is 0.268 e. The van der Waals surface area contributed by atoms with E-state index in [1.54, 1.807) is 55.7 Å². The van der Waals surface area contributed by atoms with Gasteiger partial charge in [-0.3, -0.25) is 0 Å². The maximum atomic E-state index is 14.3. The van der Waals surface area contributed by atoms with E-state index in [9.17, 15) is 12.8 Å². The first-order valence-electron chi connectivity index (χ1n) is 7.98. The third-order valence-electron chi connectivity index (χ3n) is 3.97. The first kappa shape index (κ1) is 21.5. The third kappa shape index (κ3) is 4.38. The van der Waals surface area contributed by atoms with E-state index >= 15 is 0 Å². The molecule has 1 N–H and O–H groups in total. The fourth-order valence-electron chi connectivity index (χ4n) is 2.74. The minimum absolute atomic E-state index is 0. The van der Waals surface area contributed by atoms with Crippen LogP contribution in [0.5, 0.6) is 0 Å². The van der Waals surface area contributed by atoms with Crippen molar-refractivity contribution in [3.63, 3.8) is 0 Å². The molecule has 0 radical (unpaired) electrons. The number of benzene rings is 2. The van der Waals surface area contributed by atoms with Crippen molar-refractivity contribution in [3.05, 3.63) is 72.2 Å². The molecule has 8 heteroatoms. The van der Waals surface area contributed by atoms with Gasteiger partial charge >= 0.3 is 0 Å². The maximum Gasteiger partial charge on any atom is 0.268 e. The first-order chi connectivity index (χ1) is 12.5. The van der Waals surface area contributed by atoms with E-state index in [-0.39, 0.29) is 22.9 Å². The Morgan fingerprint density at radius 2 is 1.85 bits per heavy atom. The van der Waals surface area contributed by atoms with Crippen molar-refractivity contribution in [1.29, 1.82) is 0 Å². The lowest BCUT2D eigenvalue weighted by atomic mass is 10.1. The Labute approximate surface area is 169 Å². The zero-order chi connectivity index (χ0) is 18.7. The Balaban J connectivity index is 0.00000261. The van der Waals surface area contributed by atoms with Gasteiger partial charge < -0.3 is 5.32 Å². The quantitative estimate of drug-likeness (QED) is 0.594. The van der Waals surface area contributed by atoms with Gasteiger partial charge in [0.1, 0.15) is 5.82 Å². The van der Waals surface area contributed by atoms with Crippen molar-refractivity contribution in [2.24, 2.45) is 0 Å². The fraction of sp³-hybridized carbons (Fsp3) is 0.158. The van der Waals surface area contributed by atoms with Gasteiger partial charge in [0.05, 0.1) is 10.6 Å². The molecule has 0 spiro atoms. The number of rotatable bonds is 6. The number of halogens is 2. The second-order valence-corrected chi connectivity index (χ2v) is 8.42. The average Bonchev–Trinajstić information content (AvgIpc) is 3.07. The number of hydrogen-bond donors (Lipinski definition) is 1. The Hall–Kier alpha value is -1.80. The maximum absolute atomic E-state index is 14.3. The number of nitrogens with zero attached hydrogens (tertiary/aromatic N) is 1. The lowest BCUT2D eigenvalue weighted by Gasteiger charge is -2.12. The molecule has 1 heterocycles. The predicted octanol–water partition coefficient (Wildman–Crippen LogP) is 4.39. The van der Waals surface area contributed by atoms with Crippen molar-refractivity contribution in [2.45, 2.75) is 16.3 Å². The zero-order valence-corrected chi connectivity index (χ0v) is 17.3. The monoisotopic (exact) mass is 426 g/mol. The largest absolute Gasteiger partial charge is 0.316 e. The highest BCUT2D eigenvalue weighted by molar-refractivity contribution is 7.98. The second-order valence-electron chi connectivity index (χ2n) is 5.72. The summed E-state index contributed by atoms with van der Waals surface area (Å²) in [5.41, 5.74) is 1.32. The van der Waals surface area contributed by atoms with Crippen LogP contribution in [-0.4, -0.2) is 25.7 Å². The molecule has 0 unspecified atom stereocenters. The predicted molar refractivity (Wildman–Crippen MR) is 111 cm³/mol. The Bertz CT molecular complexity index is 1040. The van der Waals surface area contributed by atoms with E-state index in [4.69, 9.17) is 0 Å². The molecule has 27 heavy (non-hydrogen) atoms. The topological polar surface area (TPSA) is 51.1 Å². The van der Waals surface area contributed by atoms with Crippen LogP contribution in [0.25, 0.3) is 11.3 Å². The van der Waals surface area contributed by atoms with Gasteiger partial charge in [0, 0.05) is 23.2 Å². The average molecular weight is 427 g/mol. The van der Waals surface area contributed by atoms with Crippen LogP contribution < -0.4 is 5.32 Å². The molecule has 0 bridgehead atoms. The third-order valence-corrected chi connectivity index (χ3v) is 6.37. The van der Waals surface area contributed by atoms with Gasteiger partial charge in [-0.1, -0.05) is 18.2 Å². The summed E-state index contributed by atoms with van der Waals surface area (Å²) in [5, 5.41) is 2.99. The molecule has 0 amide bonds. The summed E-state index contributed by atoms with van der Waals surface area (Å²) >= 11 is 1.47. The van der Waals surface area contributed by atoms with Gasteiger partial charge in [-0.05, 0) is 55.3 Å². The lowest BCUT2D eigenvalue weighted by molar-refractivity contribution is 0.587. The van der Waals surface area contributed by atoms with Crippen molar-refractivity contribution >= 4 is 34.2 Å². The van der Waals surface area contributed by atoms with Crippen LogP contribution in [0.2, 0.25) is 0 Å². The summed E-state index contributed by atoms with van der Waals surface area (Å²) in [6, 6.07) is 14.6. The van der Waals surface area contributed by atoms with E-state index in [1.165, 1.54) is 17.8 Å². The van der Waals surface area contributed by atoms with Crippen molar-refractivity contribution in [2.75, 3.05) is 13.3 Å². The van der Waals surface area contributed by atoms with E-state index in [2.05, 4.69) is 5.32 Å². The van der Waals surface area contributed by atoms with Crippen LogP contribution in [0.4, 0.5) is 4.39 Å². The van der Waals surface area contributed by atoms with Gasteiger partial charge in [0.2, 0.25) is 0 Å². The van der Waals surface area contributed by atoms with Crippen LogP contribution in [0, 0.1) is 5.82 Å². The number of thioether (sulfide) groups is 1. The van der Waals surface area contributed by atoms with Crippen LogP contribution in [-0.2, 0) is 16.6 Å². The summed E-state index contributed by atoms with van der Waals surface area (Å²) < 4.78 is 42.0. The molecular weight excluding hydrogens is 407 g/mol. The van der Waals surface area contributed by atoms with E-state index in [1.807, 2.05) is 12.3 Å². The molecule has 0 aliphatic heterocycles. The van der Waals surface area contributed by atoms with E-state index < -0.39 is 15.8 Å². The highest BCUT2D eigenvalue weighted by Gasteiger charge is 2.23. The minimum atomic E-state index is -3.86. The van der Waals surface area contributed by atoms with Crippen molar-refractivity contribution in [1.82, 2.24) is 9.29 Å². The Kier molecular flexibility index (Phi) is 7.11. The SMILES string of the molecule is CNCc1cc(-c2ccccc2F)n(S(=O)(=O)c2cccc(SC)c2)c1.Cl. The lowest BCUT2D eigenvalue weighted by Crippen LogP contribution is -2.14. The summed E-state index contributed by atoms with van der Waals surface area (Å²) in [7, 11) is -2.08. The molecular formula is C19H20ClFN2O2S2. The van der Waals surface area contributed by atoms with Crippen LogP contribution >= 0.6 is 24.2 Å². The molecule has 4 nitrogen and oxygen atoms in total. The van der Waals surface area contributed by atoms with Crippen LogP contribution in [0.1, 0.15) is 5.56 Å². The molecule has 0 atom stereocenters. The Morgan fingerprint density at radius 3 is 2.52 bits per heavy atom. The number of aromatic nitrogens is 1. The van der Waals surface area contributed by atoms with Crippen LogP contribution in [0.15, 0.2) is 70.6 Å². The molecule has 0 saturated carbocycles. The zero-order valence-electron chi connectivity index (χ0n) is 14.8. The van der Waals surface area contributed by atoms with Gasteiger partial charge in [0.25, 0.3) is 10.0 Å².